The van der Waals surface area contributed by atoms with E-state index in [0.717, 1.165) is 19.4 Å². The fraction of sp³-hybridized carbons (Fsp3) is 0.552. The normalized spacial score (nSPS) is 30.8. The number of aliphatic hydroxyl groups excluding tert-OH is 3. The van der Waals surface area contributed by atoms with Gasteiger partial charge < -0.3 is 75.4 Å². The summed E-state index contributed by atoms with van der Waals surface area (Å²) in [5.41, 5.74) is 3.06. The van der Waals surface area contributed by atoms with E-state index in [0.29, 0.717) is 0 Å². The molecule has 0 radical (unpaired) electrons. The van der Waals surface area contributed by atoms with E-state index in [1.54, 1.807) is 0 Å². The number of esters is 1. The highest BCUT2D eigenvalue weighted by molar-refractivity contribution is 5.93. The molecule has 1 fully saturated rings. The van der Waals surface area contributed by atoms with Crippen molar-refractivity contribution in [1.82, 2.24) is 15.5 Å². The summed E-state index contributed by atoms with van der Waals surface area (Å²) in [6.45, 7) is 2.24. The largest absolute Gasteiger partial charge is 0.478 e. The Bertz CT molecular complexity index is 1350. The Morgan fingerprint density at radius 1 is 1.27 bits per heavy atom. The first-order chi connectivity index (χ1) is 22.7. The maximum atomic E-state index is 12.9. The number of carbonyl (C=O) groups excluding carboxylic acids is 1. The molecule has 0 spiro atoms. The maximum absolute atomic E-state index is 12.9. The average Bonchev–Trinajstić information content (AvgIpc) is 3.05. The number of hydrogen-bond acceptors (Lipinski definition) is 16. The van der Waals surface area contributed by atoms with Gasteiger partial charge in [0.2, 0.25) is 12.1 Å². The van der Waals surface area contributed by atoms with Crippen LogP contribution in [0.25, 0.3) is 0 Å². The SMILES string of the molecule is C=C[C@H]1[C@H](O[C@@H]2O[C@H](CO)[C@@H](O)C(O)(O)[C@H]2OCNC)OC=C(C(=O)OC)[C@@]1(O)/C=C/C1=CN(CCO)CC(C(=O)O)=C1NC(N)=NC. The lowest BCUT2D eigenvalue weighted by atomic mass is 9.78. The number of methoxy groups -OCH3 is 1. The topological polar surface area (TPSA) is 288 Å². The van der Waals surface area contributed by atoms with Crippen LogP contribution < -0.4 is 16.4 Å². The number of aliphatic imine (C=N–C) groups is 1. The van der Waals surface area contributed by atoms with Crippen LogP contribution in [0.1, 0.15) is 0 Å². The molecule has 3 aliphatic heterocycles. The van der Waals surface area contributed by atoms with Gasteiger partial charge in [0.1, 0.15) is 29.6 Å². The highest BCUT2D eigenvalue weighted by atomic mass is 16.8. The number of carboxylic acids is 1. The first kappa shape index (κ1) is 38.6. The molecule has 19 nitrogen and oxygen atoms in total. The molecule has 0 unspecified atom stereocenters. The number of ether oxygens (including phenoxy) is 5. The summed E-state index contributed by atoms with van der Waals surface area (Å²) < 4.78 is 27.4. The zero-order valence-corrected chi connectivity index (χ0v) is 26.6. The van der Waals surface area contributed by atoms with E-state index in [1.165, 1.54) is 37.3 Å². The summed E-state index contributed by atoms with van der Waals surface area (Å²) in [4.78, 5) is 30.4. The zero-order valence-electron chi connectivity index (χ0n) is 26.6. The van der Waals surface area contributed by atoms with Gasteiger partial charge in [-0.2, -0.15) is 0 Å². The number of nitrogens with two attached hydrogens (primary N) is 1. The monoisotopic (exact) mass is 685 g/mol. The molecule has 0 amide bonds. The van der Waals surface area contributed by atoms with Crippen molar-refractivity contribution < 1.29 is 69.0 Å². The molecule has 0 aliphatic carbocycles. The van der Waals surface area contributed by atoms with Crippen LogP contribution in [0.15, 0.2) is 64.7 Å². The smallest absolute Gasteiger partial charge is 0.340 e. The molecule has 19 heteroatoms. The molecule has 1 saturated heterocycles. The Morgan fingerprint density at radius 2 is 1.98 bits per heavy atom. The molecule has 0 aromatic rings. The van der Waals surface area contributed by atoms with Crippen LogP contribution in [0.2, 0.25) is 0 Å². The Hall–Kier alpha value is -3.89. The second-order valence-corrected chi connectivity index (χ2v) is 10.8. The standard InChI is InChI=1S/C29H43N5O14/c1-5-17-25(48-26-22(46-14-31-2)29(42,43)21(37)19(12-36)47-26)45-13-18(24(40)44-4)28(17,41)7-6-15-10-34(8-9-35)11-16(23(38)39)20(15)33-27(30)32-3/h5-7,10,13,17,19,21-22,25-26,31,35-37,41-43H,1,8-9,11-12,14H2,2-4H3,(H,38,39)(H3,30,32,33)/b7-6+/t17-,19+,21+,22-,25-,26-,28+/m0/s1. The molecule has 11 N–H and O–H groups in total. The minimum atomic E-state index is -3.00. The highest BCUT2D eigenvalue weighted by Gasteiger charge is 2.58. The zero-order chi connectivity index (χ0) is 35.8. The van der Waals surface area contributed by atoms with Gasteiger partial charge in [-0.3, -0.25) is 10.3 Å². The number of carboxylic acid groups (broad SMARTS) is 1. The lowest BCUT2D eigenvalue weighted by Crippen LogP contribution is -2.69. The van der Waals surface area contributed by atoms with E-state index in [-0.39, 0.29) is 49.2 Å². The number of β-amino-alcohol motifs (C(OH)–C–C–N with tert-alkyl or cyclic N) is 1. The van der Waals surface area contributed by atoms with E-state index in [4.69, 9.17) is 29.4 Å². The van der Waals surface area contributed by atoms with Gasteiger partial charge >= 0.3 is 11.9 Å². The van der Waals surface area contributed by atoms with Gasteiger partial charge in [-0.05, 0) is 13.1 Å². The van der Waals surface area contributed by atoms with E-state index in [9.17, 15) is 45.3 Å². The number of allylic oxidation sites excluding steroid dienone is 1. The van der Waals surface area contributed by atoms with Crippen LogP contribution in [0.4, 0.5) is 0 Å². The van der Waals surface area contributed by atoms with E-state index in [2.05, 4.69) is 22.2 Å². The molecule has 7 atom stereocenters. The molecule has 0 aromatic carbocycles. The molecule has 0 saturated carbocycles. The second-order valence-electron chi connectivity index (χ2n) is 10.8. The van der Waals surface area contributed by atoms with Crippen LogP contribution >= 0.6 is 0 Å². The Balaban J connectivity index is 2.11. The van der Waals surface area contributed by atoms with Crippen LogP contribution in [0.5, 0.6) is 0 Å². The van der Waals surface area contributed by atoms with Gasteiger partial charge in [0.05, 0.1) is 50.8 Å². The number of nitrogens with one attached hydrogen (secondary N) is 2. The van der Waals surface area contributed by atoms with Crippen LogP contribution in [0.3, 0.4) is 0 Å². The third-order valence-electron chi connectivity index (χ3n) is 7.76. The summed E-state index contributed by atoms with van der Waals surface area (Å²) >= 11 is 0. The molecule has 268 valence electrons. The number of guanidine groups is 1. The quantitative estimate of drug-likeness (QED) is 0.0273. The fourth-order valence-corrected chi connectivity index (χ4v) is 5.23. The number of aliphatic carboxylic acids is 1. The van der Waals surface area contributed by atoms with E-state index < -0.39 is 72.3 Å². The molecular formula is C29H43N5O14. The van der Waals surface area contributed by atoms with Gasteiger partial charge in [-0.25, -0.2) is 9.59 Å². The third-order valence-corrected chi connectivity index (χ3v) is 7.76. The van der Waals surface area contributed by atoms with Crippen molar-refractivity contribution in [1.29, 1.82) is 0 Å². The Labute approximate surface area is 275 Å². The first-order valence-corrected chi connectivity index (χ1v) is 14.6. The summed E-state index contributed by atoms with van der Waals surface area (Å²) in [6.07, 6.45) is -2.78. The lowest BCUT2D eigenvalue weighted by Gasteiger charge is -2.48. The summed E-state index contributed by atoms with van der Waals surface area (Å²) in [5, 5.41) is 78.7. The van der Waals surface area contributed by atoms with E-state index >= 15 is 0 Å². The lowest BCUT2D eigenvalue weighted by molar-refractivity contribution is -0.412. The number of aliphatic hydroxyl groups is 6. The van der Waals surface area contributed by atoms with Crippen LogP contribution in [-0.2, 0) is 33.3 Å². The van der Waals surface area contributed by atoms with Crippen molar-refractivity contribution in [2.75, 3.05) is 54.2 Å². The fourth-order valence-electron chi connectivity index (χ4n) is 5.23. The van der Waals surface area contributed by atoms with Crippen LogP contribution in [-0.4, -0.2) is 155 Å². The Kier molecular flexibility index (Phi) is 13.2. The van der Waals surface area contributed by atoms with Gasteiger partial charge in [0.25, 0.3) is 0 Å². The molecule has 0 aromatic heterocycles. The number of carbonyl (C=O) groups is 2. The van der Waals surface area contributed by atoms with Gasteiger partial charge in [0, 0.05) is 25.4 Å². The van der Waals surface area contributed by atoms with Gasteiger partial charge in [-0.1, -0.05) is 12.2 Å². The van der Waals surface area contributed by atoms with Crippen molar-refractivity contribution in [3.8, 4) is 0 Å². The molecule has 3 aliphatic rings. The average molecular weight is 686 g/mol. The maximum Gasteiger partial charge on any atom is 0.340 e. The van der Waals surface area contributed by atoms with Gasteiger partial charge in [0.15, 0.2) is 18.4 Å². The third kappa shape index (κ3) is 8.04. The highest BCUT2D eigenvalue weighted by Crippen LogP contribution is 2.41. The number of nitrogens with zero attached hydrogens (tertiary/aromatic N) is 2. The molecule has 48 heavy (non-hydrogen) atoms. The van der Waals surface area contributed by atoms with Crippen molar-refractivity contribution in [2.24, 2.45) is 16.6 Å². The first-order valence-electron chi connectivity index (χ1n) is 14.6. The predicted octanol–water partition coefficient (Wildman–Crippen LogP) is -4.11. The molecule has 3 rings (SSSR count). The summed E-state index contributed by atoms with van der Waals surface area (Å²) in [5.74, 6) is -6.85. The van der Waals surface area contributed by atoms with Crippen molar-refractivity contribution in [3.05, 3.63) is 59.7 Å². The molecular weight excluding hydrogens is 642 g/mol. The predicted molar refractivity (Wildman–Crippen MR) is 164 cm³/mol. The summed E-state index contributed by atoms with van der Waals surface area (Å²) in [7, 11) is 3.94. The van der Waals surface area contributed by atoms with Crippen molar-refractivity contribution in [2.45, 2.75) is 42.3 Å². The van der Waals surface area contributed by atoms with E-state index in [1.807, 2.05) is 0 Å². The Morgan fingerprint density at radius 3 is 2.54 bits per heavy atom. The number of rotatable bonds is 14. The second kappa shape index (κ2) is 16.5. The molecule has 0 bridgehead atoms. The van der Waals surface area contributed by atoms with Gasteiger partial charge in [-0.15, -0.1) is 6.58 Å². The summed E-state index contributed by atoms with van der Waals surface area (Å²) in [6, 6.07) is 0. The molecule has 3 heterocycles. The van der Waals surface area contributed by atoms with Crippen LogP contribution in [0, 0.1) is 5.92 Å². The minimum Gasteiger partial charge on any atom is -0.478 e. The van der Waals surface area contributed by atoms with Crippen molar-refractivity contribution in [3.63, 3.8) is 0 Å². The van der Waals surface area contributed by atoms with Crippen molar-refractivity contribution >= 4 is 17.9 Å². The minimum absolute atomic E-state index is 0.00853. The number of hydrogen-bond donors (Lipinski definition) is 10.